The number of primary amides is 1. The van der Waals surface area contributed by atoms with Crippen molar-refractivity contribution >= 4 is 61.4 Å². The van der Waals surface area contributed by atoms with Crippen LogP contribution in [0, 0.1) is 0 Å². The number of nitrogens with two attached hydrogens (primary N) is 1. The van der Waals surface area contributed by atoms with Gasteiger partial charge in [-0.2, -0.15) is 0 Å². The minimum Gasteiger partial charge on any atom is -0.368 e. The zero-order valence-corrected chi connectivity index (χ0v) is 24.7. The number of fused-ring (bicyclic) bond motifs is 2. The van der Waals surface area contributed by atoms with Crippen molar-refractivity contribution in [2.75, 3.05) is 61.4 Å². The van der Waals surface area contributed by atoms with Crippen LogP contribution in [0.4, 0.5) is 23.0 Å². The molecule has 0 unspecified atom stereocenters. The largest absolute Gasteiger partial charge is 0.368 e. The van der Waals surface area contributed by atoms with Crippen LogP contribution in [0.15, 0.2) is 73.1 Å². The Morgan fingerprint density at radius 3 is 2.43 bits per heavy atom. The van der Waals surface area contributed by atoms with Crippen molar-refractivity contribution in [1.29, 1.82) is 0 Å². The molecule has 42 heavy (non-hydrogen) atoms. The standard InChI is InChI=1S/C23H29N7.C9H7NOS/c1-28-12-14-29(15-13-28)18-7-8-21(25-17-18)26-20-16-22(30-10-3-2-4-11-30)27-19-6-5-9-24-23(19)20;10-9(11)8-5-6-3-1-2-4-7(6)12-8/h5-9,16-17H,2-4,10-15H2,1H3,(H,25,26,27);1-5H,(H2,10,11). The highest BCUT2D eigenvalue weighted by molar-refractivity contribution is 7.20. The van der Waals surface area contributed by atoms with Gasteiger partial charge in [0.15, 0.2) is 0 Å². The van der Waals surface area contributed by atoms with Crippen molar-refractivity contribution in [3.8, 4) is 0 Å². The number of aromatic nitrogens is 3. The second-order valence-electron chi connectivity index (χ2n) is 10.8. The number of likely N-dealkylation sites (N-methyl/N-ethyl adjacent to an activating group) is 1. The molecule has 0 bridgehead atoms. The maximum absolute atomic E-state index is 10.8. The Morgan fingerprint density at radius 1 is 0.881 bits per heavy atom. The second kappa shape index (κ2) is 12.7. The molecule has 2 saturated heterocycles. The molecule has 0 radical (unpaired) electrons. The van der Waals surface area contributed by atoms with Crippen molar-refractivity contribution in [2.45, 2.75) is 19.3 Å². The van der Waals surface area contributed by atoms with Crippen LogP contribution in [0.3, 0.4) is 0 Å². The van der Waals surface area contributed by atoms with Crippen LogP contribution in [-0.2, 0) is 0 Å². The average molecular weight is 581 g/mol. The fourth-order valence-electron chi connectivity index (χ4n) is 5.38. The van der Waals surface area contributed by atoms with Crippen molar-refractivity contribution < 1.29 is 4.79 Å². The van der Waals surface area contributed by atoms with E-state index in [9.17, 15) is 4.79 Å². The maximum Gasteiger partial charge on any atom is 0.258 e. The van der Waals surface area contributed by atoms with E-state index >= 15 is 0 Å². The maximum atomic E-state index is 10.8. The van der Waals surface area contributed by atoms with Crippen LogP contribution in [0.1, 0.15) is 28.9 Å². The van der Waals surface area contributed by atoms with Crippen LogP contribution in [0.5, 0.6) is 0 Å². The first kappa shape index (κ1) is 27.9. The number of hydrogen-bond donors (Lipinski definition) is 2. The Kier molecular flexibility index (Phi) is 8.43. The number of anilines is 4. The Labute approximate surface area is 250 Å². The van der Waals surface area contributed by atoms with Gasteiger partial charge in [0.25, 0.3) is 5.91 Å². The van der Waals surface area contributed by atoms with Crippen LogP contribution in [0.25, 0.3) is 21.1 Å². The SMILES string of the molecule is CN1CCN(c2ccc(Nc3cc(N4CCCCC4)nc4cccnc34)nc2)CC1.NC(=O)c1cc2ccccc2s1. The lowest BCUT2D eigenvalue weighted by atomic mass is 10.1. The molecule has 4 aromatic heterocycles. The van der Waals surface area contributed by atoms with Gasteiger partial charge in [0, 0.05) is 56.2 Å². The number of nitrogens with one attached hydrogen (secondary N) is 1. The van der Waals surface area contributed by atoms with E-state index in [0.29, 0.717) is 4.88 Å². The Balaban J connectivity index is 0.000000219. The molecule has 2 aliphatic rings. The zero-order valence-electron chi connectivity index (χ0n) is 23.9. The molecule has 6 heterocycles. The average Bonchev–Trinajstić information content (AvgIpc) is 3.48. The topological polar surface area (TPSA) is 104 Å². The van der Waals surface area contributed by atoms with Gasteiger partial charge < -0.3 is 25.8 Å². The van der Waals surface area contributed by atoms with Crippen LogP contribution in [0.2, 0.25) is 0 Å². The van der Waals surface area contributed by atoms with Gasteiger partial charge in [0.2, 0.25) is 0 Å². The monoisotopic (exact) mass is 580 g/mol. The number of benzene rings is 1. The summed E-state index contributed by atoms with van der Waals surface area (Å²) in [6.07, 6.45) is 7.55. The van der Waals surface area contributed by atoms with Crippen molar-refractivity contribution in [1.82, 2.24) is 19.9 Å². The summed E-state index contributed by atoms with van der Waals surface area (Å²) in [5.74, 6) is 1.50. The van der Waals surface area contributed by atoms with Gasteiger partial charge in [-0.25, -0.2) is 9.97 Å². The lowest BCUT2D eigenvalue weighted by Gasteiger charge is -2.33. The van der Waals surface area contributed by atoms with Gasteiger partial charge in [-0.1, -0.05) is 18.2 Å². The number of nitrogens with zero attached hydrogens (tertiary/aromatic N) is 6. The minimum absolute atomic E-state index is 0.351. The summed E-state index contributed by atoms with van der Waals surface area (Å²) in [5.41, 5.74) is 9.08. The minimum atomic E-state index is -0.351. The van der Waals surface area contributed by atoms with Crippen molar-refractivity contribution in [2.24, 2.45) is 5.73 Å². The summed E-state index contributed by atoms with van der Waals surface area (Å²) in [5, 5.41) is 4.58. The van der Waals surface area contributed by atoms with E-state index in [1.54, 1.807) is 0 Å². The number of thiophene rings is 1. The number of piperazine rings is 1. The van der Waals surface area contributed by atoms with Gasteiger partial charge in [0.1, 0.15) is 17.2 Å². The van der Waals surface area contributed by atoms with E-state index in [1.165, 1.54) is 36.3 Å². The first-order valence-corrected chi connectivity index (χ1v) is 15.3. The molecule has 3 N–H and O–H groups in total. The third kappa shape index (κ3) is 6.45. The number of carbonyl (C=O) groups excluding carboxylic acids is 1. The first-order valence-electron chi connectivity index (χ1n) is 14.5. The summed E-state index contributed by atoms with van der Waals surface area (Å²) in [6, 6.07) is 20.0. The third-order valence-electron chi connectivity index (χ3n) is 7.78. The predicted molar refractivity (Wildman–Crippen MR) is 173 cm³/mol. The molecule has 10 heteroatoms. The van der Waals surface area contributed by atoms with Crippen molar-refractivity contribution in [3.05, 3.63) is 77.9 Å². The predicted octanol–water partition coefficient (Wildman–Crippen LogP) is 5.51. The molecule has 0 atom stereocenters. The Hall–Kier alpha value is -4.28. The van der Waals surface area contributed by atoms with Gasteiger partial charge in [-0.3, -0.25) is 9.78 Å². The number of hydrogen-bond acceptors (Lipinski definition) is 9. The van der Waals surface area contributed by atoms with Gasteiger partial charge in [0.05, 0.1) is 28.0 Å². The fraction of sp³-hybridized carbons (Fsp3) is 0.312. The molecule has 0 spiro atoms. The molecular weight excluding hydrogens is 544 g/mol. The number of rotatable bonds is 5. The number of pyridine rings is 3. The molecule has 216 valence electrons. The molecule has 1 aromatic carbocycles. The Morgan fingerprint density at radius 2 is 1.69 bits per heavy atom. The fourth-order valence-corrected chi connectivity index (χ4v) is 6.30. The van der Waals surface area contributed by atoms with Gasteiger partial charge in [-0.05, 0) is 68.1 Å². The van der Waals surface area contributed by atoms with E-state index in [0.717, 1.165) is 77.7 Å². The first-order chi connectivity index (χ1) is 20.5. The quantitative estimate of drug-likeness (QED) is 0.281. The van der Waals surface area contributed by atoms with Crippen LogP contribution >= 0.6 is 11.3 Å². The molecule has 2 aliphatic heterocycles. The molecule has 7 rings (SSSR count). The highest BCUT2D eigenvalue weighted by Crippen LogP contribution is 2.30. The summed E-state index contributed by atoms with van der Waals surface area (Å²) in [6.45, 7) is 6.40. The summed E-state index contributed by atoms with van der Waals surface area (Å²) in [4.78, 5) is 32.7. The molecule has 0 aliphatic carbocycles. The molecule has 1 amide bonds. The lowest BCUT2D eigenvalue weighted by Crippen LogP contribution is -2.44. The highest BCUT2D eigenvalue weighted by Gasteiger charge is 2.17. The summed E-state index contributed by atoms with van der Waals surface area (Å²) < 4.78 is 1.10. The molecule has 0 saturated carbocycles. The third-order valence-corrected chi connectivity index (χ3v) is 8.91. The lowest BCUT2D eigenvalue weighted by molar-refractivity contribution is 0.100. The number of carbonyl (C=O) groups is 1. The highest BCUT2D eigenvalue weighted by atomic mass is 32.1. The van der Waals surface area contributed by atoms with E-state index in [4.69, 9.17) is 10.7 Å². The second-order valence-corrected chi connectivity index (χ2v) is 11.9. The van der Waals surface area contributed by atoms with E-state index in [2.05, 4.69) is 55.2 Å². The molecule has 2 fully saturated rings. The smallest absolute Gasteiger partial charge is 0.258 e. The Bertz CT molecular complexity index is 1620. The summed E-state index contributed by atoms with van der Waals surface area (Å²) >= 11 is 1.43. The van der Waals surface area contributed by atoms with Crippen molar-refractivity contribution in [3.63, 3.8) is 0 Å². The van der Waals surface area contributed by atoms with Crippen LogP contribution < -0.4 is 20.9 Å². The van der Waals surface area contributed by atoms with Gasteiger partial charge in [-0.15, -0.1) is 11.3 Å². The summed E-state index contributed by atoms with van der Waals surface area (Å²) in [7, 11) is 2.17. The zero-order chi connectivity index (χ0) is 28.9. The van der Waals surface area contributed by atoms with E-state index < -0.39 is 0 Å². The van der Waals surface area contributed by atoms with E-state index in [1.807, 2.05) is 54.9 Å². The molecular formula is C32H36N8OS. The molecule has 9 nitrogen and oxygen atoms in total. The normalized spacial score (nSPS) is 15.8. The number of piperidine rings is 1. The van der Waals surface area contributed by atoms with E-state index in [-0.39, 0.29) is 5.91 Å². The molecule has 5 aromatic rings. The number of amides is 1. The van der Waals surface area contributed by atoms with Gasteiger partial charge >= 0.3 is 0 Å². The van der Waals surface area contributed by atoms with Crippen LogP contribution in [-0.4, -0.2) is 72.1 Å².